The molecule has 112 valence electrons. The van der Waals surface area contributed by atoms with E-state index in [2.05, 4.69) is 30.2 Å². The molecule has 0 radical (unpaired) electrons. The third kappa shape index (κ3) is 5.03. The van der Waals surface area contributed by atoms with Crippen LogP contribution in [-0.4, -0.2) is 11.0 Å². The standard InChI is InChI=1S/C17H21ClN2O/c1-12(2)19-9-14-4-6-16(20-10-14)11-21-17-7-5-15(18)8-13(17)3/h4-8,10,12,19H,9,11H2,1-3H3. The van der Waals surface area contributed by atoms with Gasteiger partial charge < -0.3 is 10.1 Å². The summed E-state index contributed by atoms with van der Waals surface area (Å²) in [5.41, 5.74) is 3.12. The van der Waals surface area contributed by atoms with Gasteiger partial charge in [0, 0.05) is 23.8 Å². The highest BCUT2D eigenvalue weighted by Crippen LogP contribution is 2.22. The van der Waals surface area contributed by atoms with Crippen LogP contribution >= 0.6 is 11.6 Å². The monoisotopic (exact) mass is 304 g/mol. The van der Waals surface area contributed by atoms with Gasteiger partial charge in [0.15, 0.2) is 0 Å². The van der Waals surface area contributed by atoms with Crippen molar-refractivity contribution >= 4 is 11.6 Å². The molecule has 1 aromatic carbocycles. The van der Waals surface area contributed by atoms with Gasteiger partial charge in [-0.25, -0.2) is 0 Å². The van der Waals surface area contributed by atoms with E-state index < -0.39 is 0 Å². The largest absolute Gasteiger partial charge is 0.487 e. The van der Waals surface area contributed by atoms with Crippen LogP contribution in [0.1, 0.15) is 30.7 Å². The third-order valence-corrected chi connectivity index (χ3v) is 3.35. The number of aromatic nitrogens is 1. The van der Waals surface area contributed by atoms with E-state index in [9.17, 15) is 0 Å². The molecule has 0 amide bonds. The molecule has 0 aliphatic heterocycles. The van der Waals surface area contributed by atoms with E-state index in [0.717, 1.165) is 28.6 Å². The SMILES string of the molecule is Cc1cc(Cl)ccc1OCc1ccc(CNC(C)C)cn1. The molecule has 0 aliphatic rings. The Labute approximate surface area is 131 Å². The number of ether oxygens (including phenoxy) is 1. The molecule has 1 heterocycles. The van der Waals surface area contributed by atoms with Crippen LogP contribution in [0.2, 0.25) is 5.02 Å². The first-order valence-electron chi connectivity index (χ1n) is 7.11. The molecule has 0 atom stereocenters. The fourth-order valence-corrected chi connectivity index (χ4v) is 2.12. The number of aryl methyl sites for hydroxylation is 1. The van der Waals surface area contributed by atoms with Crippen molar-refractivity contribution in [1.29, 1.82) is 0 Å². The fourth-order valence-electron chi connectivity index (χ4n) is 1.89. The molecule has 0 saturated heterocycles. The highest BCUT2D eigenvalue weighted by Gasteiger charge is 2.02. The molecule has 2 aromatic rings. The van der Waals surface area contributed by atoms with Gasteiger partial charge >= 0.3 is 0 Å². The molecule has 0 unspecified atom stereocenters. The number of pyridine rings is 1. The van der Waals surface area contributed by atoms with Crippen LogP contribution in [0.3, 0.4) is 0 Å². The van der Waals surface area contributed by atoms with Crippen LogP contribution in [0.25, 0.3) is 0 Å². The van der Waals surface area contributed by atoms with E-state index in [1.807, 2.05) is 37.4 Å². The Balaban J connectivity index is 1.91. The summed E-state index contributed by atoms with van der Waals surface area (Å²) in [5.74, 6) is 0.840. The normalized spacial score (nSPS) is 10.9. The Kier molecular flexibility index (Phi) is 5.59. The summed E-state index contributed by atoms with van der Waals surface area (Å²) in [6.45, 7) is 7.53. The molecule has 21 heavy (non-hydrogen) atoms. The summed E-state index contributed by atoms with van der Waals surface area (Å²) < 4.78 is 5.78. The van der Waals surface area contributed by atoms with E-state index in [-0.39, 0.29) is 0 Å². The van der Waals surface area contributed by atoms with Gasteiger partial charge in [-0.05, 0) is 42.3 Å². The summed E-state index contributed by atoms with van der Waals surface area (Å²) in [5, 5.41) is 4.09. The van der Waals surface area contributed by atoms with Gasteiger partial charge in [0.05, 0.1) is 5.69 Å². The van der Waals surface area contributed by atoms with E-state index in [1.165, 1.54) is 5.56 Å². The number of rotatable bonds is 6. The number of hydrogen-bond acceptors (Lipinski definition) is 3. The zero-order chi connectivity index (χ0) is 15.2. The van der Waals surface area contributed by atoms with Crippen LogP contribution in [0.5, 0.6) is 5.75 Å². The Morgan fingerprint density at radius 3 is 2.67 bits per heavy atom. The molecule has 2 rings (SSSR count). The first kappa shape index (κ1) is 15.8. The van der Waals surface area contributed by atoms with Gasteiger partial charge in [-0.15, -0.1) is 0 Å². The molecule has 1 aromatic heterocycles. The Morgan fingerprint density at radius 2 is 2.05 bits per heavy atom. The Morgan fingerprint density at radius 1 is 1.24 bits per heavy atom. The summed E-state index contributed by atoms with van der Waals surface area (Å²) in [6, 6.07) is 10.2. The number of nitrogens with zero attached hydrogens (tertiary/aromatic N) is 1. The molecule has 0 spiro atoms. The molecule has 0 fully saturated rings. The minimum Gasteiger partial charge on any atom is -0.487 e. The highest BCUT2D eigenvalue weighted by atomic mass is 35.5. The Hall–Kier alpha value is -1.58. The third-order valence-electron chi connectivity index (χ3n) is 3.11. The highest BCUT2D eigenvalue weighted by molar-refractivity contribution is 6.30. The molecular formula is C17H21ClN2O. The number of nitrogens with one attached hydrogen (secondary N) is 1. The van der Waals surface area contributed by atoms with Crippen molar-refractivity contribution in [3.05, 3.63) is 58.4 Å². The predicted molar refractivity (Wildman–Crippen MR) is 86.7 cm³/mol. The summed E-state index contributed by atoms with van der Waals surface area (Å²) in [7, 11) is 0. The van der Waals surface area contributed by atoms with Crippen molar-refractivity contribution in [3.63, 3.8) is 0 Å². The average molecular weight is 305 g/mol. The molecular weight excluding hydrogens is 284 g/mol. The second-order valence-corrected chi connectivity index (χ2v) is 5.83. The number of benzene rings is 1. The molecule has 1 N–H and O–H groups in total. The lowest BCUT2D eigenvalue weighted by Gasteiger charge is -2.10. The molecule has 3 nitrogen and oxygen atoms in total. The summed E-state index contributed by atoms with van der Waals surface area (Å²) >= 11 is 5.93. The predicted octanol–water partition coefficient (Wildman–Crippen LogP) is 4.12. The van der Waals surface area contributed by atoms with Crippen LogP contribution < -0.4 is 10.1 Å². The van der Waals surface area contributed by atoms with Gasteiger partial charge in [-0.2, -0.15) is 0 Å². The van der Waals surface area contributed by atoms with Gasteiger partial charge in [0.1, 0.15) is 12.4 Å². The fraction of sp³-hybridized carbons (Fsp3) is 0.353. The summed E-state index contributed by atoms with van der Waals surface area (Å²) in [6.07, 6.45) is 1.89. The molecule has 0 saturated carbocycles. The minimum atomic E-state index is 0.459. The maximum atomic E-state index is 5.93. The lowest BCUT2D eigenvalue weighted by Crippen LogP contribution is -2.21. The van der Waals surface area contributed by atoms with Crippen molar-refractivity contribution < 1.29 is 4.74 Å². The van der Waals surface area contributed by atoms with Crippen LogP contribution in [0.15, 0.2) is 36.5 Å². The summed E-state index contributed by atoms with van der Waals surface area (Å²) in [4.78, 5) is 4.43. The van der Waals surface area contributed by atoms with Crippen molar-refractivity contribution in [2.24, 2.45) is 0 Å². The Bertz CT molecular complexity index is 582. The maximum Gasteiger partial charge on any atom is 0.130 e. The van der Waals surface area contributed by atoms with Gasteiger partial charge in [-0.3, -0.25) is 4.98 Å². The first-order chi connectivity index (χ1) is 10.0. The van der Waals surface area contributed by atoms with Gasteiger partial charge in [0.25, 0.3) is 0 Å². The number of halogens is 1. The molecule has 4 heteroatoms. The van der Waals surface area contributed by atoms with E-state index in [0.29, 0.717) is 12.6 Å². The quantitative estimate of drug-likeness (QED) is 0.871. The van der Waals surface area contributed by atoms with E-state index in [4.69, 9.17) is 16.3 Å². The maximum absolute atomic E-state index is 5.93. The second-order valence-electron chi connectivity index (χ2n) is 5.39. The lowest BCUT2D eigenvalue weighted by molar-refractivity contribution is 0.299. The minimum absolute atomic E-state index is 0.459. The zero-order valence-corrected chi connectivity index (χ0v) is 13.4. The molecule has 0 bridgehead atoms. The van der Waals surface area contributed by atoms with Crippen LogP contribution in [-0.2, 0) is 13.2 Å². The smallest absolute Gasteiger partial charge is 0.130 e. The first-order valence-corrected chi connectivity index (χ1v) is 7.48. The zero-order valence-electron chi connectivity index (χ0n) is 12.7. The van der Waals surface area contributed by atoms with Gasteiger partial charge in [-0.1, -0.05) is 31.5 Å². The lowest BCUT2D eigenvalue weighted by atomic mass is 10.2. The van der Waals surface area contributed by atoms with E-state index >= 15 is 0 Å². The van der Waals surface area contributed by atoms with Crippen molar-refractivity contribution in [3.8, 4) is 5.75 Å². The van der Waals surface area contributed by atoms with Crippen molar-refractivity contribution in [2.45, 2.75) is 40.0 Å². The van der Waals surface area contributed by atoms with E-state index in [1.54, 1.807) is 0 Å². The topological polar surface area (TPSA) is 34.1 Å². The molecule has 0 aliphatic carbocycles. The average Bonchev–Trinajstić information content (AvgIpc) is 2.45. The van der Waals surface area contributed by atoms with Crippen LogP contribution in [0.4, 0.5) is 0 Å². The second kappa shape index (κ2) is 7.43. The van der Waals surface area contributed by atoms with Gasteiger partial charge in [0.2, 0.25) is 0 Å². The number of hydrogen-bond donors (Lipinski definition) is 1. The van der Waals surface area contributed by atoms with Crippen LogP contribution in [0, 0.1) is 6.92 Å². The van der Waals surface area contributed by atoms with Crippen molar-refractivity contribution in [1.82, 2.24) is 10.3 Å². The van der Waals surface area contributed by atoms with Crippen molar-refractivity contribution in [2.75, 3.05) is 0 Å².